The molecular weight excluding hydrogens is 318 g/mol. The van der Waals surface area contributed by atoms with Crippen LogP contribution in [0.1, 0.15) is 10.4 Å². The molecule has 0 unspecified atom stereocenters. The first-order valence-corrected chi connectivity index (χ1v) is 5.83. The van der Waals surface area contributed by atoms with E-state index in [9.17, 15) is 22.4 Å². The van der Waals surface area contributed by atoms with Crippen molar-refractivity contribution in [3.05, 3.63) is 34.3 Å². The summed E-state index contributed by atoms with van der Waals surface area (Å²) in [6.07, 6.45) is 0. The predicted molar refractivity (Wildman–Crippen MR) is 59.9 cm³/mol. The number of hydrogen-bond donors (Lipinski definition) is 0. The summed E-state index contributed by atoms with van der Waals surface area (Å²) >= 11 is 3.15. The van der Waals surface area contributed by atoms with E-state index >= 15 is 0 Å². The Bertz CT molecular complexity index is 458. The van der Waals surface area contributed by atoms with Crippen LogP contribution in [0, 0.1) is 0 Å². The van der Waals surface area contributed by atoms with Crippen LogP contribution in [0.25, 0.3) is 0 Å². The van der Waals surface area contributed by atoms with Crippen molar-refractivity contribution < 1.29 is 22.4 Å². The molecule has 0 N–H and O–H groups in total. The number of nitrogens with zero attached hydrogens (tertiary/aromatic N) is 1. The highest BCUT2D eigenvalue weighted by molar-refractivity contribution is 9.10. The van der Waals surface area contributed by atoms with E-state index in [1.165, 1.54) is 12.1 Å². The fourth-order valence-corrected chi connectivity index (χ4v) is 1.95. The van der Waals surface area contributed by atoms with Gasteiger partial charge in [-0.1, -0.05) is 15.9 Å². The summed E-state index contributed by atoms with van der Waals surface area (Å²) in [7, 11) is 0. The summed E-state index contributed by atoms with van der Waals surface area (Å²) in [5.74, 6) is -9.16. The average Bonchev–Trinajstić information content (AvgIpc) is 2.48. The molecule has 98 valence electrons. The van der Waals surface area contributed by atoms with Gasteiger partial charge in [-0.25, -0.2) is 0 Å². The van der Waals surface area contributed by atoms with Crippen LogP contribution in [0.2, 0.25) is 0 Å². The Balaban J connectivity index is 2.20. The molecule has 2 rings (SSSR count). The maximum absolute atomic E-state index is 13.0. The second-order valence-corrected chi connectivity index (χ2v) is 4.99. The molecule has 2 nitrogen and oxygen atoms in total. The molecule has 1 aliphatic rings. The second kappa shape index (κ2) is 4.22. The van der Waals surface area contributed by atoms with Crippen LogP contribution in [0.15, 0.2) is 28.7 Å². The van der Waals surface area contributed by atoms with Crippen LogP contribution in [-0.2, 0) is 0 Å². The number of rotatable bonds is 1. The molecule has 1 aromatic rings. The molecule has 1 saturated heterocycles. The number of carbonyl (C=O) groups excluding carboxylic acids is 1. The SMILES string of the molecule is O=C(c1ccc(Br)cc1)N1CC(F)(F)C(F)(F)C1. The minimum atomic E-state index is -4.17. The van der Waals surface area contributed by atoms with Crippen LogP contribution in [-0.4, -0.2) is 35.7 Å². The lowest BCUT2D eigenvalue weighted by Gasteiger charge is -2.14. The quantitative estimate of drug-likeness (QED) is 0.726. The van der Waals surface area contributed by atoms with Crippen molar-refractivity contribution in [3.8, 4) is 0 Å². The van der Waals surface area contributed by atoms with E-state index in [1.54, 1.807) is 12.1 Å². The van der Waals surface area contributed by atoms with Gasteiger partial charge in [-0.2, -0.15) is 17.6 Å². The van der Waals surface area contributed by atoms with Crippen molar-refractivity contribution in [2.24, 2.45) is 0 Å². The largest absolute Gasteiger partial charge is 0.329 e. The number of halogens is 5. The zero-order valence-corrected chi connectivity index (χ0v) is 10.6. The number of benzene rings is 1. The molecule has 1 heterocycles. The van der Waals surface area contributed by atoms with Gasteiger partial charge in [0.2, 0.25) is 0 Å². The molecule has 1 fully saturated rings. The van der Waals surface area contributed by atoms with Crippen molar-refractivity contribution in [2.45, 2.75) is 11.8 Å². The molecule has 18 heavy (non-hydrogen) atoms. The zero-order chi connectivity index (χ0) is 13.6. The molecule has 0 aliphatic carbocycles. The van der Waals surface area contributed by atoms with Crippen molar-refractivity contribution in [2.75, 3.05) is 13.1 Å². The number of amides is 1. The van der Waals surface area contributed by atoms with Crippen molar-refractivity contribution >= 4 is 21.8 Å². The lowest BCUT2D eigenvalue weighted by molar-refractivity contribution is -0.172. The van der Waals surface area contributed by atoms with Gasteiger partial charge in [-0.15, -0.1) is 0 Å². The smallest absolute Gasteiger partial charge is 0.326 e. The Morgan fingerprint density at radius 2 is 1.50 bits per heavy atom. The average molecular weight is 326 g/mol. The van der Waals surface area contributed by atoms with E-state index in [-0.39, 0.29) is 5.56 Å². The molecule has 0 radical (unpaired) electrons. The van der Waals surface area contributed by atoms with Gasteiger partial charge < -0.3 is 4.90 Å². The molecule has 1 aromatic carbocycles. The number of alkyl halides is 4. The highest BCUT2D eigenvalue weighted by Crippen LogP contribution is 2.41. The summed E-state index contributed by atoms with van der Waals surface area (Å²) in [4.78, 5) is 12.3. The summed E-state index contributed by atoms with van der Waals surface area (Å²) in [5.41, 5.74) is 0.103. The van der Waals surface area contributed by atoms with E-state index in [0.717, 1.165) is 0 Å². The van der Waals surface area contributed by atoms with Crippen LogP contribution in [0.5, 0.6) is 0 Å². The van der Waals surface area contributed by atoms with E-state index in [1.807, 2.05) is 0 Å². The Morgan fingerprint density at radius 3 is 1.94 bits per heavy atom. The van der Waals surface area contributed by atoms with Crippen molar-refractivity contribution in [1.82, 2.24) is 4.90 Å². The highest BCUT2D eigenvalue weighted by atomic mass is 79.9. The van der Waals surface area contributed by atoms with Crippen molar-refractivity contribution in [3.63, 3.8) is 0 Å². The minimum Gasteiger partial charge on any atom is -0.326 e. The van der Waals surface area contributed by atoms with E-state index in [0.29, 0.717) is 9.37 Å². The number of hydrogen-bond acceptors (Lipinski definition) is 1. The third kappa shape index (κ3) is 2.23. The Morgan fingerprint density at radius 1 is 1.06 bits per heavy atom. The molecule has 0 spiro atoms. The van der Waals surface area contributed by atoms with Crippen LogP contribution >= 0.6 is 15.9 Å². The molecule has 7 heteroatoms. The first-order chi connectivity index (χ1) is 8.23. The third-order valence-corrected chi connectivity index (χ3v) is 3.22. The van der Waals surface area contributed by atoms with E-state index < -0.39 is 30.8 Å². The topological polar surface area (TPSA) is 20.3 Å². The summed E-state index contributed by atoms with van der Waals surface area (Å²) in [6.45, 7) is -2.51. The molecule has 1 aliphatic heterocycles. The van der Waals surface area contributed by atoms with Gasteiger partial charge in [0, 0.05) is 10.0 Å². The Labute approximate surface area is 109 Å². The molecule has 0 bridgehead atoms. The maximum Gasteiger partial charge on any atom is 0.329 e. The Kier molecular flexibility index (Phi) is 3.12. The third-order valence-electron chi connectivity index (χ3n) is 2.69. The normalized spacial score (nSPS) is 21.1. The number of carbonyl (C=O) groups is 1. The van der Waals surface area contributed by atoms with Crippen LogP contribution in [0.3, 0.4) is 0 Å². The first-order valence-electron chi connectivity index (χ1n) is 5.03. The Hall–Kier alpha value is -1.11. The summed E-state index contributed by atoms with van der Waals surface area (Å²) in [5, 5.41) is 0. The maximum atomic E-state index is 13.0. The lowest BCUT2D eigenvalue weighted by Crippen LogP contribution is -2.38. The molecule has 0 saturated carbocycles. The molecule has 0 atom stereocenters. The van der Waals surface area contributed by atoms with E-state index in [4.69, 9.17) is 0 Å². The molecular formula is C11H8BrF4NO. The first kappa shape index (κ1) is 13.3. The summed E-state index contributed by atoms with van der Waals surface area (Å²) in [6, 6.07) is 5.86. The fraction of sp³-hybridized carbons (Fsp3) is 0.364. The summed E-state index contributed by atoms with van der Waals surface area (Å²) < 4.78 is 52.5. The van der Waals surface area contributed by atoms with Crippen LogP contribution in [0.4, 0.5) is 17.6 Å². The van der Waals surface area contributed by atoms with Crippen LogP contribution < -0.4 is 0 Å². The van der Waals surface area contributed by atoms with Crippen molar-refractivity contribution in [1.29, 1.82) is 0 Å². The molecule has 1 amide bonds. The molecule has 0 aromatic heterocycles. The highest BCUT2D eigenvalue weighted by Gasteiger charge is 2.63. The fourth-order valence-electron chi connectivity index (χ4n) is 1.69. The lowest BCUT2D eigenvalue weighted by atomic mass is 10.2. The zero-order valence-electron chi connectivity index (χ0n) is 8.97. The minimum absolute atomic E-state index is 0.103. The second-order valence-electron chi connectivity index (χ2n) is 4.08. The number of likely N-dealkylation sites (tertiary alicyclic amines) is 1. The monoisotopic (exact) mass is 325 g/mol. The predicted octanol–water partition coefficient (Wildman–Crippen LogP) is 3.18. The standard InChI is InChI=1S/C11H8BrF4NO/c12-8-3-1-7(2-4-8)9(18)17-5-10(13,14)11(15,16)6-17/h1-4H,5-6H2. The van der Waals surface area contributed by atoms with Gasteiger partial charge in [0.1, 0.15) is 0 Å². The van der Waals surface area contributed by atoms with Gasteiger partial charge >= 0.3 is 11.8 Å². The van der Waals surface area contributed by atoms with Gasteiger partial charge in [0.25, 0.3) is 5.91 Å². The van der Waals surface area contributed by atoms with Gasteiger partial charge in [0.15, 0.2) is 0 Å². The van der Waals surface area contributed by atoms with Gasteiger partial charge in [0.05, 0.1) is 13.1 Å². The van der Waals surface area contributed by atoms with Gasteiger partial charge in [-0.05, 0) is 24.3 Å². The van der Waals surface area contributed by atoms with Gasteiger partial charge in [-0.3, -0.25) is 4.79 Å². The van der Waals surface area contributed by atoms with E-state index in [2.05, 4.69) is 15.9 Å².